The van der Waals surface area contributed by atoms with Crippen molar-refractivity contribution in [3.8, 4) is 22.8 Å². The van der Waals surface area contributed by atoms with Crippen LogP contribution < -0.4 is 14.4 Å². The largest absolute Gasteiger partial charge is 0.497 e. The summed E-state index contributed by atoms with van der Waals surface area (Å²) in [6, 6.07) is 17.9. The van der Waals surface area contributed by atoms with Crippen LogP contribution in [-0.2, 0) is 0 Å². The summed E-state index contributed by atoms with van der Waals surface area (Å²) >= 11 is 0. The molecule has 2 heterocycles. The molecule has 0 atom stereocenters. The predicted octanol–water partition coefficient (Wildman–Crippen LogP) is 5.16. The van der Waals surface area contributed by atoms with Gasteiger partial charge < -0.3 is 19.3 Å². The van der Waals surface area contributed by atoms with E-state index >= 15 is 0 Å². The van der Waals surface area contributed by atoms with Gasteiger partial charge in [0.05, 0.1) is 36.7 Å². The van der Waals surface area contributed by atoms with Gasteiger partial charge in [-0.05, 0) is 48.5 Å². The third kappa shape index (κ3) is 4.42. The molecular formula is C28H25F2N3O3. The lowest BCUT2D eigenvalue weighted by Gasteiger charge is -2.36. The molecule has 1 aromatic heterocycles. The first-order valence-electron chi connectivity index (χ1n) is 11.6. The van der Waals surface area contributed by atoms with Crippen LogP contribution in [0.2, 0.25) is 0 Å². The van der Waals surface area contributed by atoms with E-state index < -0.39 is 5.82 Å². The number of rotatable bonds is 5. The zero-order valence-corrected chi connectivity index (χ0v) is 20.0. The van der Waals surface area contributed by atoms with Gasteiger partial charge in [0.1, 0.15) is 23.1 Å². The number of pyridine rings is 1. The zero-order chi connectivity index (χ0) is 25.2. The Hall–Kier alpha value is -4.20. The number of carbonyl (C=O) groups excluding carboxylic acids is 1. The molecule has 1 amide bonds. The van der Waals surface area contributed by atoms with Crippen molar-refractivity contribution in [1.29, 1.82) is 0 Å². The van der Waals surface area contributed by atoms with Crippen LogP contribution in [0.15, 0.2) is 66.7 Å². The Balaban J connectivity index is 1.50. The molecule has 0 radical (unpaired) electrons. The zero-order valence-electron chi connectivity index (χ0n) is 20.0. The van der Waals surface area contributed by atoms with Gasteiger partial charge in [-0.15, -0.1) is 0 Å². The monoisotopic (exact) mass is 489 g/mol. The molecule has 6 nitrogen and oxygen atoms in total. The maximum absolute atomic E-state index is 14.2. The van der Waals surface area contributed by atoms with Crippen LogP contribution in [0.4, 0.5) is 14.5 Å². The fourth-order valence-electron chi connectivity index (χ4n) is 4.55. The molecule has 0 N–H and O–H groups in total. The van der Waals surface area contributed by atoms with Crippen molar-refractivity contribution < 1.29 is 23.0 Å². The lowest BCUT2D eigenvalue weighted by Crippen LogP contribution is -2.49. The third-order valence-electron chi connectivity index (χ3n) is 6.45. The van der Waals surface area contributed by atoms with Crippen LogP contribution in [0.5, 0.6) is 11.5 Å². The molecule has 1 aliphatic rings. The Labute approximate surface area is 207 Å². The quantitative estimate of drug-likeness (QED) is 0.388. The fraction of sp³-hybridized carbons (Fsp3) is 0.214. The van der Waals surface area contributed by atoms with Gasteiger partial charge in [-0.3, -0.25) is 4.79 Å². The molecule has 0 saturated carbocycles. The molecule has 1 aliphatic heterocycles. The van der Waals surface area contributed by atoms with Gasteiger partial charge in [-0.2, -0.15) is 0 Å². The summed E-state index contributed by atoms with van der Waals surface area (Å²) in [4.78, 5) is 22.0. The van der Waals surface area contributed by atoms with Crippen molar-refractivity contribution >= 4 is 22.5 Å². The molecule has 1 fully saturated rings. The van der Waals surface area contributed by atoms with E-state index in [2.05, 4.69) is 0 Å². The van der Waals surface area contributed by atoms with E-state index in [4.69, 9.17) is 14.5 Å². The minimum absolute atomic E-state index is 0.227. The Morgan fingerprint density at radius 1 is 0.889 bits per heavy atom. The fourth-order valence-corrected chi connectivity index (χ4v) is 4.55. The van der Waals surface area contributed by atoms with Crippen LogP contribution in [0, 0.1) is 11.6 Å². The molecule has 0 bridgehead atoms. The number of fused-ring (bicyclic) bond motifs is 1. The number of nitrogens with zero attached hydrogens (tertiary/aromatic N) is 3. The SMILES string of the molecule is COc1ccc(-c2cc(C(=O)N3CCN(c4ccccc4F)CC3)c3cc(F)ccc3n2)c(OC)c1. The van der Waals surface area contributed by atoms with Crippen molar-refractivity contribution in [2.24, 2.45) is 0 Å². The van der Waals surface area contributed by atoms with Crippen LogP contribution in [0.1, 0.15) is 10.4 Å². The second kappa shape index (κ2) is 9.81. The van der Waals surface area contributed by atoms with Crippen molar-refractivity contribution in [2.75, 3.05) is 45.3 Å². The van der Waals surface area contributed by atoms with E-state index in [0.717, 1.165) is 0 Å². The first kappa shape index (κ1) is 23.5. The average Bonchev–Trinajstić information content (AvgIpc) is 2.92. The van der Waals surface area contributed by atoms with E-state index in [9.17, 15) is 13.6 Å². The second-order valence-electron chi connectivity index (χ2n) is 8.51. The van der Waals surface area contributed by atoms with Gasteiger partial charge in [0.15, 0.2) is 0 Å². The van der Waals surface area contributed by atoms with E-state index in [0.29, 0.717) is 71.1 Å². The molecule has 4 aromatic rings. The number of amides is 1. The Kier molecular flexibility index (Phi) is 6.41. The lowest BCUT2D eigenvalue weighted by atomic mass is 10.0. The van der Waals surface area contributed by atoms with Crippen LogP contribution >= 0.6 is 0 Å². The minimum atomic E-state index is -0.447. The number of methoxy groups -OCH3 is 2. The number of aromatic nitrogens is 1. The van der Waals surface area contributed by atoms with Crippen LogP contribution in [0.3, 0.4) is 0 Å². The predicted molar refractivity (Wildman–Crippen MR) is 135 cm³/mol. The summed E-state index contributed by atoms with van der Waals surface area (Å²) in [5.74, 6) is 0.209. The van der Waals surface area contributed by atoms with Gasteiger partial charge in [-0.1, -0.05) is 12.1 Å². The molecule has 8 heteroatoms. The second-order valence-corrected chi connectivity index (χ2v) is 8.51. The maximum atomic E-state index is 14.2. The van der Waals surface area contributed by atoms with E-state index in [1.54, 1.807) is 61.6 Å². The van der Waals surface area contributed by atoms with Gasteiger partial charge in [0.25, 0.3) is 5.91 Å². The number of ether oxygens (including phenoxy) is 2. The number of benzene rings is 3. The summed E-state index contributed by atoms with van der Waals surface area (Å²) < 4.78 is 39.3. The number of piperazine rings is 1. The molecule has 3 aromatic carbocycles. The number of hydrogen-bond donors (Lipinski definition) is 0. The highest BCUT2D eigenvalue weighted by Gasteiger charge is 2.26. The molecule has 5 rings (SSSR count). The molecule has 0 aliphatic carbocycles. The summed E-state index contributed by atoms with van der Waals surface area (Å²) in [5.41, 5.74) is 2.59. The van der Waals surface area contributed by atoms with Crippen molar-refractivity contribution in [1.82, 2.24) is 9.88 Å². The Morgan fingerprint density at radius 2 is 1.67 bits per heavy atom. The van der Waals surface area contributed by atoms with Crippen LogP contribution in [-0.4, -0.2) is 56.2 Å². The number of para-hydroxylation sites is 1. The standard InChI is InChI=1S/C28H25F2N3O3/c1-35-19-8-9-20(27(16-19)36-2)25-17-22(21-15-18(29)7-10-24(21)31-25)28(34)33-13-11-32(12-14-33)26-6-4-3-5-23(26)30/h3-10,15-17H,11-14H2,1-2H3. The molecule has 36 heavy (non-hydrogen) atoms. The first-order valence-corrected chi connectivity index (χ1v) is 11.6. The summed E-state index contributed by atoms with van der Waals surface area (Å²) in [6.07, 6.45) is 0. The Morgan fingerprint density at radius 3 is 2.39 bits per heavy atom. The Bertz CT molecular complexity index is 1440. The average molecular weight is 490 g/mol. The summed E-state index contributed by atoms with van der Waals surface area (Å²) in [5, 5.41) is 0.438. The van der Waals surface area contributed by atoms with Gasteiger partial charge >= 0.3 is 0 Å². The highest BCUT2D eigenvalue weighted by molar-refractivity contribution is 6.07. The maximum Gasteiger partial charge on any atom is 0.254 e. The summed E-state index contributed by atoms with van der Waals surface area (Å²) in [7, 11) is 3.12. The molecule has 184 valence electrons. The lowest BCUT2D eigenvalue weighted by molar-refractivity contribution is 0.0748. The molecule has 0 unspecified atom stereocenters. The number of anilines is 1. The van der Waals surface area contributed by atoms with Gasteiger partial charge in [-0.25, -0.2) is 13.8 Å². The first-order chi connectivity index (χ1) is 17.5. The molecular weight excluding hydrogens is 464 g/mol. The highest BCUT2D eigenvalue weighted by Crippen LogP contribution is 2.35. The van der Waals surface area contributed by atoms with E-state index in [1.807, 2.05) is 11.0 Å². The summed E-state index contributed by atoms with van der Waals surface area (Å²) in [6.45, 7) is 1.80. The van der Waals surface area contributed by atoms with Crippen molar-refractivity contribution in [3.05, 3.63) is 83.9 Å². The molecule has 0 spiro atoms. The van der Waals surface area contributed by atoms with Crippen molar-refractivity contribution in [3.63, 3.8) is 0 Å². The van der Waals surface area contributed by atoms with Crippen LogP contribution in [0.25, 0.3) is 22.2 Å². The number of halogens is 2. The minimum Gasteiger partial charge on any atom is -0.497 e. The number of carbonyl (C=O) groups is 1. The number of hydrogen-bond acceptors (Lipinski definition) is 5. The highest BCUT2D eigenvalue weighted by atomic mass is 19.1. The van der Waals surface area contributed by atoms with Gasteiger partial charge in [0, 0.05) is 43.2 Å². The normalized spacial score (nSPS) is 13.7. The van der Waals surface area contributed by atoms with E-state index in [1.165, 1.54) is 18.2 Å². The topological polar surface area (TPSA) is 54.9 Å². The van der Waals surface area contributed by atoms with Gasteiger partial charge in [0.2, 0.25) is 0 Å². The van der Waals surface area contributed by atoms with E-state index in [-0.39, 0.29) is 11.7 Å². The third-order valence-corrected chi connectivity index (χ3v) is 6.45. The smallest absolute Gasteiger partial charge is 0.254 e. The molecule has 1 saturated heterocycles. The van der Waals surface area contributed by atoms with Crippen molar-refractivity contribution in [2.45, 2.75) is 0 Å².